The average molecular weight is 274 g/mol. The number of aliphatic hydroxyl groups is 1. The lowest BCUT2D eigenvalue weighted by Crippen LogP contribution is -2.28. The van der Waals surface area contributed by atoms with Gasteiger partial charge in [0.1, 0.15) is 5.82 Å². The molecule has 18 heavy (non-hydrogen) atoms. The van der Waals surface area contributed by atoms with E-state index in [1.807, 2.05) is 0 Å². The summed E-state index contributed by atoms with van der Waals surface area (Å²) in [7, 11) is 0. The predicted octanol–water partition coefficient (Wildman–Crippen LogP) is 3.32. The van der Waals surface area contributed by atoms with Crippen molar-refractivity contribution >= 4 is 11.6 Å². The summed E-state index contributed by atoms with van der Waals surface area (Å²) in [6.45, 7) is 4.33. The molecule has 2 nitrogen and oxygen atoms in total. The van der Waals surface area contributed by atoms with Crippen LogP contribution in [0.15, 0.2) is 18.2 Å². The Balaban J connectivity index is 2.91. The van der Waals surface area contributed by atoms with E-state index in [4.69, 9.17) is 17.3 Å². The second kappa shape index (κ2) is 7.07. The van der Waals surface area contributed by atoms with Crippen molar-refractivity contribution < 1.29 is 9.50 Å². The van der Waals surface area contributed by atoms with Crippen LogP contribution in [-0.4, -0.2) is 17.8 Å². The van der Waals surface area contributed by atoms with Gasteiger partial charge in [-0.1, -0.05) is 44.0 Å². The van der Waals surface area contributed by atoms with Crippen molar-refractivity contribution in [1.29, 1.82) is 0 Å². The van der Waals surface area contributed by atoms with E-state index in [0.717, 1.165) is 6.42 Å². The zero-order valence-corrected chi connectivity index (χ0v) is 11.6. The summed E-state index contributed by atoms with van der Waals surface area (Å²) < 4.78 is 13.9. The maximum absolute atomic E-state index is 13.9. The molecule has 0 heterocycles. The Morgan fingerprint density at radius 1 is 1.44 bits per heavy atom. The Hall–Kier alpha value is -0.640. The first-order valence-corrected chi connectivity index (χ1v) is 6.71. The van der Waals surface area contributed by atoms with Gasteiger partial charge >= 0.3 is 0 Å². The quantitative estimate of drug-likeness (QED) is 0.835. The van der Waals surface area contributed by atoms with Gasteiger partial charge in [-0.25, -0.2) is 4.39 Å². The number of hydrogen-bond acceptors (Lipinski definition) is 2. The molecule has 0 fully saturated rings. The lowest BCUT2D eigenvalue weighted by Gasteiger charge is -2.24. The Bertz CT molecular complexity index is 386. The summed E-state index contributed by atoms with van der Waals surface area (Å²) in [4.78, 5) is 0. The molecule has 3 unspecified atom stereocenters. The summed E-state index contributed by atoms with van der Waals surface area (Å²) in [5, 5.41) is 10.3. The van der Waals surface area contributed by atoms with Crippen LogP contribution in [0.3, 0.4) is 0 Å². The fourth-order valence-electron chi connectivity index (χ4n) is 2.04. The van der Waals surface area contributed by atoms with Crippen LogP contribution in [0.4, 0.5) is 4.39 Å². The number of hydrogen-bond donors (Lipinski definition) is 2. The Morgan fingerprint density at radius 2 is 2.11 bits per heavy atom. The SMILES string of the molecule is CCC(C)CC(O)C(CN)c1cccc(Cl)c1F. The minimum Gasteiger partial charge on any atom is -0.392 e. The number of benzene rings is 1. The van der Waals surface area contributed by atoms with Crippen molar-refractivity contribution in [3.8, 4) is 0 Å². The normalized spacial score (nSPS) is 16.3. The third-order valence-corrected chi connectivity index (χ3v) is 3.73. The summed E-state index contributed by atoms with van der Waals surface area (Å²) in [6.07, 6.45) is 0.953. The van der Waals surface area contributed by atoms with Crippen LogP contribution in [0.1, 0.15) is 38.2 Å². The Kier molecular flexibility index (Phi) is 6.06. The van der Waals surface area contributed by atoms with Crippen LogP contribution in [0.5, 0.6) is 0 Å². The Labute approximate surface area is 113 Å². The van der Waals surface area contributed by atoms with Gasteiger partial charge in [0.15, 0.2) is 0 Å². The van der Waals surface area contributed by atoms with Gasteiger partial charge in [0.2, 0.25) is 0 Å². The average Bonchev–Trinajstić information content (AvgIpc) is 2.35. The van der Waals surface area contributed by atoms with Crippen molar-refractivity contribution in [3.05, 3.63) is 34.6 Å². The van der Waals surface area contributed by atoms with E-state index in [1.165, 1.54) is 6.07 Å². The van der Waals surface area contributed by atoms with Gasteiger partial charge in [0.25, 0.3) is 0 Å². The number of rotatable bonds is 6. The van der Waals surface area contributed by atoms with Crippen LogP contribution >= 0.6 is 11.6 Å². The molecule has 0 aliphatic rings. The van der Waals surface area contributed by atoms with Crippen molar-refractivity contribution in [2.75, 3.05) is 6.54 Å². The maximum atomic E-state index is 13.9. The summed E-state index contributed by atoms with van der Waals surface area (Å²) in [5.41, 5.74) is 6.08. The first-order valence-electron chi connectivity index (χ1n) is 6.33. The molecule has 3 N–H and O–H groups in total. The number of nitrogens with two attached hydrogens (primary N) is 1. The molecular formula is C14H21ClFNO. The van der Waals surface area contributed by atoms with Crippen LogP contribution in [-0.2, 0) is 0 Å². The van der Waals surface area contributed by atoms with Gasteiger partial charge in [-0.2, -0.15) is 0 Å². The van der Waals surface area contributed by atoms with Crippen molar-refractivity contribution in [2.45, 2.75) is 38.7 Å². The molecule has 1 aromatic rings. The van der Waals surface area contributed by atoms with E-state index in [1.54, 1.807) is 12.1 Å². The third-order valence-electron chi connectivity index (χ3n) is 3.44. The largest absolute Gasteiger partial charge is 0.392 e. The highest BCUT2D eigenvalue weighted by molar-refractivity contribution is 6.30. The fraction of sp³-hybridized carbons (Fsp3) is 0.571. The van der Waals surface area contributed by atoms with Gasteiger partial charge in [-0.15, -0.1) is 0 Å². The number of aliphatic hydroxyl groups excluding tert-OH is 1. The van der Waals surface area contributed by atoms with E-state index in [2.05, 4.69) is 13.8 Å². The molecule has 1 aromatic carbocycles. The summed E-state index contributed by atoms with van der Waals surface area (Å²) >= 11 is 5.76. The molecule has 0 spiro atoms. The minimum absolute atomic E-state index is 0.0710. The second-order valence-corrected chi connectivity index (χ2v) is 5.21. The highest BCUT2D eigenvalue weighted by Gasteiger charge is 2.24. The van der Waals surface area contributed by atoms with Crippen LogP contribution in [0.25, 0.3) is 0 Å². The van der Waals surface area contributed by atoms with Gasteiger partial charge in [-0.05, 0) is 24.0 Å². The first-order chi connectivity index (χ1) is 8.51. The molecule has 102 valence electrons. The lowest BCUT2D eigenvalue weighted by atomic mass is 9.87. The monoisotopic (exact) mass is 273 g/mol. The molecule has 1 rings (SSSR count). The molecule has 0 radical (unpaired) electrons. The highest BCUT2D eigenvalue weighted by atomic mass is 35.5. The molecular weight excluding hydrogens is 253 g/mol. The standard InChI is InChI=1S/C14H21ClFNO/c1-3-9(2)7-13(18)11(8-17)10-5-4-6-12(15)14(10)16/h4-6,9,11,13,18H,3,7-8,17H2,1-2H3. The third kappa shape index (κ3) is 3.67. The second-order valence-electron chi connectivity index (χ2n) is 4.80. The summed E-state index contributed by atoms with van der Waals surface area (Å²) in [5.74, 6) is -0.494. The summed E-state index contributed by atoms with van der Waals surface area (Å²) in [6, 6.07) is 4.81. The fourth-order valence-corrected chi connectivity index (χ4v) is 2.22. The topological polar surface area (TPSA) is 46.2 Å². The van der Waals surface area contributed by atoms with E-state index < -0.39 is 17.8 Å². The van der Waals surface area contributed by atoms with Gasteiger partial charge in [0.05, 0.1) is 11.1 Å². The van der Waals surface area contributed by atoms with Crippen LogP contribution in [0.2, 0.25) is 5.02 Å². The van der Waals surface area contributed by atoms with Crippen molar-refractivity contribution in [1.82, 2.24) is 0 Å². The zero-order chi connectivity index (χ0) is 13.7. The van der Waals surface area contributed by atoms with Crippen LogP contribution in [0, 0.1) is 11.7 Å². The van der Waals surface area contributed by atoms with Gasteiger partial charge in [0, 0.05) is 12.5 Å². The molecule has 3 atom stereocenters. The molecule has 0 amide bonds. The van der Waals surface area contributed by atoms with E-state index in [9.17, 15) is 9.50 Å². The van der Waals surface area contributed by atoms with Gasteiger partial charge < -0.3 is 10.8 Å². The molecule has 0 saturated carbocycles. The van der Waals surface area contributed by atoms with Crippen molar-refractivity contribution in [2.24, 2.45) is 11.7 Å². The Morgan fingerprint density at radius 3 is 2.67 bits per heavy atom. The molecule has 0 aromatic heterocycles. The van der Waals surface area contributed by atoms with E-state index in [-0.39, 0.29) is 11.6 Å². The van der Waals surface area contributed by atoms with Gasteiger partial charge in [-0.3, -0.25) is 0 Å². The highest BCUT2D eigenvalue weighted by Crippen LogP contribution is 2.29. The lowest BCUT2D eigenvalue weighted by molar-refractivity contribution is 0.116. The molecule has 0 aliphatic carbocycles. The molecule has 0 saturated heterocycles. The molecule has 0 bridgehead atoms. The smallest absolute Gasteiger partial charge is 0.145 e. The zero-order valence-electron chi connectivity index (χ0n) is 10.9. The first kappa shape index (κ1) is 15.4. The number of halogens is 2. The predicted molar refractivity (Wildman–Crippen MR) is 73.3 cm³/mol. The van der Waals surface area contributed by atoms with Crippen LogP contribution < -0.4 is 5.73 Å². The molecule has 4 heteroatoms. The van der Waals surface area contributed by atoms with Crippen molar-refractivity contribution in [3.63, 3.8) is 0 Å². The molecule has 0 aliphatic heterocycles. The van der Waals surface area contributed by atoms with E-state index in [0.29, 0.717) is 17.9 Å². The maximum Gasteiger partial charge on any atom is 0.145 e. The minimum atomic E-state index is -0.641. The van der Waals surface area contributed by atoms with E-state index >= 15 is 0 Å².